The van der Waals surface area contributed by atoms with E-state index in [4.69, 9.17) is 21.4 Å². The van der Waals surface area contributed by atoms with Crippen LogP contribution in [0, 0.1) is 0 Å². The first-order valence-electron chi connectivity index (χ1n) is 7.89. The number of benzene rings is 1. The minimum absolute atomic E-state index is 0.0711. The smallest absolute Gasteiger partial charge is 0.317 e. The number of hydrogen-bond acceptors (Lipinski definition) is 3. The number of halogens is 1. The van der Waals surface area contributed by atoms with Crippen LogP contribution in [0.3, 0.4) is 0 Å². The largest absolute Gasteiger partial charge is 0.481 e. The molecule has 0 aliphatic heterocycles. The predicted molar refractivity (Wildman–Crippen MR) is 93.6 cm³/mol. The van der Waals surface area contributed by atoms with Gasteiger partial charge in [-0.3, -0.25) is 4.79 Å². The molecule has 0 heterocycles. The monoisotopic (exact) mass is 356 g/mol. The van der Waals surface area contributed by atoms with Crippen molar-refractivity contribution in [3.8, 4) is 0 Å². The Morgan fingerprint density at radius 3 is 2.58 bits per heavy atom. The van der Waals surface area contributed by atoms with Crippen LogP contribution in [0.25, 0.3) is 0 Å². The first-order chi connectivity index (χ1) is 11.4. The average Bonchev–Trinajstić information content (AvgIpc) is 2.56. The number of carbonyl (C=O) groups excluding carboxylic acids is 1. The molecule has 0 saturated heterocycles. The summed E-state index contributed by atoms with van der Waals surface area (Å²) in [6.07, 6.45) is 1.68. The first kappa shape index (κ1) is 20.3. The highest BCUT2D eigenvalue weighted by Crippen LogP contribution is 2.22. The standard InChI is InChI=1S/C17H25ClN2O4/c1-20(10-9-16(21)22)17(23)19-12-14(4-3-11-24-2)13-5-7-15(18)8-6-13/h5-8,14H,3-4,9-12H2,1-2H3,(H,19,23)(H,21,22). The molecule has 1 unspecified atom stereocenters. The van der Waals surface area contributed by atoms with Gasteiger partial charge in [0.2, 0.25) is 0 Å². The van der Waals surface area contributed by atoms with Gasteiger partial charge in [0.25, 0.3) is 0 Å². The number of aliphatic carboxylic acids is 1. The van der Waals surface area contributed by atoms with Crippen molar-refractivity contribution in [3.05, 3.63) is 34.9 Å². The third kappa shape index (κ3) is 7.66. The maximum atomic E-state index is 12.1. The predicted octanol–water partition coefficient (Wildman–Crippen LogP) is 2.97. The number of carbonyl (C=O) groups is 2. The zero-order valence-corrected chi connectivity index (χ0v) is 14.9. The van der Waals surface area contributed by atoms with E-state index in [1.807, 2.05) is 24.3 Å². The number of ether oxygens (including phenoxy) is 1. The minimum atomic E-state index is -0.923. The molecule has 0 bridgehead atoms. The number of carboxylic acid groups (broad SMARTS) is 1. The highest BCUT2D eigenvalue weighted by atomic mass is 35.5. The molecule has 0 fully saturated rings. The molecule has 7 heteroatoms. The summed E-state index contributed by atoms with van der Waals surface area (Å²) in [5.74, 6) is -0.775. The number of nitrogens with zero attached hydrogens (tertiary/aromatic N) is 1. The van der Waals surface area contributed by atoms with E-state index in [-0.39, 0.29) is 24.9 Å². The molecule has 24 heavy (non-hydrogen) atoms. The van der Waals surface area contributed by atoms with Crippen LogP contribution >= 0.6 is 11.6 Å². The molecule has 134 valence electrons. The van der Waals surface area contributed by atoms with Crippen molar-refractivity contribution in [1.82, 2.24) is 10.2 Å². The van der Waals surface area contributed by atoms with Gasteiger partial charge in [-0.25, -0.2) is 4.79 Å². The summed E-state index contributed by atoms with van der Waals surface area (Å²) in [4.78, 5) is 24.0. The molecule has 0 radical (unpaired) electrons. The second-order valence-electron chi connectivity index (χ2n) is 5.63. The van der Waals surface area contributed by atoms with Crippen molar-refractivity contribution in [2.75, 3.05) is 33.9 Å². The van der Waals surface area contributed by atoms with Crippen molar-refractivity contribution >= 4 is 23.6 Å². The second kappa shape index (κ2) is 10.9. The number of urea groups is 1. The van der Waals surface area contributed by atoms with Gasteiger partial charge in [-0.15, -0.1) is 0 Å². The van der Waals surface area contributed by atoms with Crippen molar-refractivity contribution in [3.63, 3.8) is 0 Å². The van der Waals surface area contributed by atoms with Crippen LogP contribution in [-0.4, -0.2) is 55.9 Å². The lowest BCUT2D eigenvalue weighted by Gasteiger charge is -2.21. The topological polar surface area (TPSA) is 78.9 Å². The van der Waals surface area contributed by atoms with Crippen molar-refractivity contribution in [2.24, 2.45) is 0 Å². The number of methoxy groups -OCH3 is 1. The van der Waals surface area contributed by atoms with Gasteiger partial charge in [0.1, 0.15) is 0 Å². The summed E-state index contributed by atoms with van der Waals surface area (Å²) < 4.78 is 5.09. The van der Waals surface area contributed by atoms with E-state index >= 15 is 0 Å². The lowest BCUT2D eigenvalue weighted by atomic mass is 9.94. The Hall–Kier alpha value is -1.79. The van der Waals surface area contributed by atoms with E-state index < -0.39 is 5.97 Å². The molecular weight excluding hydrogens is 332 g/mol. The van der Waals surface area contributed by atoms with E-state index in [1.165, 1.54) is 4.90 Å². The molecule has 1 rings (SSSR count). The number of nitrogens with one attached hydrogen (secondary N) is 1. The molecule has 0 spiro atoms. The molecule has 1 aromatic rings. The summed E-state index contributed by atoms with van der Waals surface area (Å²) in [6, 6.07) is 7.31. The summed E-state index contributed by atoms with van der Waals surface area (Å²) in [5, 5.41) is 12.2. The highest BCUT2D eigenvalue weighted by Gasteiger charge is 2.15. The van der Waals surface area contributed by atoms with Gasteiger partial charge in [-0.05, 0) is 30.5 Å². The Morgan fingerprint density at radius 1 is 1.33 bits per heavy atom. The van der Waals surface area contributed by atoms with Crippen LogP contribution in [0.5, 0.6) is 0 Å². The summed E-state index contributed by atoms with van der Waals surface area (Å²) >= 11 is 5.93. The molecule has 2 amide bonds. The number of rotatable bonds is 10. The van der Waals surface area contributed by atoms with E-state index in [9.17, 15) is 9.59 Å². The summed E-state index contributed by atoms with van der Waals surface area (Å²) in [6.45, 7) is 1.31. The van der Waals surface area contributed by atoms with E-state index in [2.05, 4.69) is 5.32 Å². The molecule has 0 aromatic heterocycles. The number of hydrogen-bond donors (Lipinski definition) is 2. The lowest BCUT2D eigenvalue weighted by molar-refractivity contribution is -0.137. The van der Waals surface area contributed by atoms with E-state index in [1.54, 1.807) is 14.2 Å². The highest BCUT2D eigenvalue weighted by molar-refractivity contribution is 6.30. The number of amides is 2. The Balaban J connectivity index is 2.59. The zero-order valence-electron chi connectivity index (χ0n) is 14.1. The van der Waals surface area contributed by atoms with Gasteiger partial charge in [-0.2, -0.15) is 0 Å². The fourth-order valence-corrected chi connectivity index (χ4v) is 2.43. The molecule has 2 N–H and O–H groups in total. The van der Waals surface area contributed by atoms with Crippen molar-refractivity contribution in [1.29, 1.82) is 0 Å². The van der Waals surface area contributed by atoms with Crippen LogP contribution in [0.2, 0.25) is 5.02 Å². The van der Waals surface area contributed by atoms with Crippen molar-refractivity contribution in [2.45, 2.75) is 25.2 Å². The van der Waals surface area contributed by atoms with Gasteiger partial charge in [0.15, 0.2) is 0 Å². The Morgan fingerprint density at radius 2 is 2.00 bits per heavy atom. The first-order valence-corrected chi connectivity index (χ1v) is 8.27. The summed E-state index contributed by atoms with van der Waals surface area (Å²) in [7, 11) is 3.25. The maximum absolute atomic E-state index is 12.1. The molecular formula is C17H25ClN2O4. The van der Waals surface area contributed by atoms with E-state index in [0.717, 1.165) is 18.4 Å². The van der Waals surface area contributed by atoms with Gasteiger partial charge in [-0.1, -0.05) is 23.7 Å². The van der Waals surface area contributed by atoms with Crippen LogP contribution < -0.4 is 5.32 Å². The molecule has 0 aliphatic carbocycles. The minimum Gasteiger partial charge on any atom is -0.481 e. The molecule has 1 aromatic carbocycles. The van der Waals surface area contributed by atoms with Gasteiger partial charge in [0.05, 0.1) is 6.42 Å². The average molecular weight is 357 g/mol. The quantitative estimate of drug-likeness (QED) is 0.632. The van der Waals surface area contributed by atoms with Crippen molar-refractivity contribution < 1.29 is 19.4 Å². The Labute approximate surface area is 147 Å². The maximum Gasteiger partial charge on any atom is 0.317 e. The number of carboxylic acids is 1. The van der Waals surface area contributed by atoms with Gasteiger partial charge in [0, 0.05) is 44.8 Å². The fourth-order valence-electron chi connectivity index (χ4n) is 2.31. The Bertz CT molecular complexity index is 522. The third-order valence-corrected chi connectivity index (χ3v) is 4.00. The van der Waals surface area contributed by atoms with Crippen LogP contribution in [0.1, 0.15) is 30.7 Å². The molecule has 0 saturated carbocycles. The SMILES string of the molecule is COCCCC(CNC(=O)N(C)CCC(=O)O)c1ccc(Cl)cc1. The molecule has 1 atom stereocenters. The van der Waals surface area contributed by atoms with Crippen LogP contribution in [0.4, 0.5) is 4.79 Å². The van der Waals surface area contributed by atoms with E-state index in [0.29, 0.717) is 18.2 Å². The second-order valence-corrected chi connectivity index (χ2v) is 6.07. The van der Waals surface area contributed by atoms with Crippen LogP contribution in [0.15, 0.2) is 24.3 Å². The Kier molecular flexibility index (Phi) is 9.19. The lowest BCUT2D eigenvalue weighted by Crippen LogP contribution is -2.40. The molecule has 0 aliphatic rings. The summed E-state index contributed by atoms with van der Waals surface area (Å²) in [5.41, 5.74) is 1.10. The fraction of sp³-hybridized carbons (Fsp3) is 0.529. The zero-order chi connectivity index (χ0) is 17.9. The van der Waals surface area contributed by atoms with Gasteiger partial charge >= 0.3 is 12.0 Å². The van der Waals surface area contributed by atoms with Gasteiger partial charge < -0.3 is 20.1 Å². The molecule has 6 nitrogen and oxygen atoms in total. The van der Waals surface area contributed by atoms with Crippen LogP contribution in [-0.2, 0) is 9.53 Å². The normalized spacial score (nSPS) is 11.8. The third-order valence-electron chi connectivity index (χ3n) is 3.75.